The van der Waals surface area contributed by atoms with Crippen LogP contribution in [0.5, 0.6) is 0 Å². The normalized spacial score (nSPS) is 17.2. The maximum Gasteiger partial charge on any atom is 0.0762 e. The second kappa shape index (κ2) is 4.76. The van der Waals surface area contributed by atoms with Crippen LogP contribution in [0.1, 0.15) is 38.4 Å². The topological polar surface area (TPSA) is 23.5 Å². The van der Waals surface area contributed by atoms with Crippen LogP contribution in [0.15, 0.2) is 22.7 Å². The number of benzene rings is 1. The molecule has 3 heteroatoms. The first kappa shape index (κ1) is 11.9. The summed E-state index contributed by atoms with van der Waals surface area (Å²) in [5, 5.41) is 9.52. The first-order chi connectivity index (χ1) is 7.63. The molecule has 0 saturated heterocycles. The van der Waals surface area contributed by atoms with E-state index >= 15 is 0 Å². The van der Waals surface area contributed by atoms with Crippen molar-refractivity contribution in [3.8, 4) is 0 Å². The maximum atomic E-state index is 9.52. The van der Waals surface area contributed by atoms with Gasteiger partial charge in [-0.2, -0.15) is 0 Å². The molecule has 1 atom stereocenters. The van der Waals surface area contributed by atoms with Crippen molar-refractivity contribution in [2.45, 2.75) is 38.8 Å². The zero-order valence-corrected chi connectivity index (χ0v) is 11.4. The number of rotatable bonds is 4. The van der Waals surface area contributed by atoms with Crippen LogP contribution in [-0.4, -0.2) is 17.7 Å². The van der Waals surface area contributed by atoms with Crippen molar-refractivity contribution in [2.24, 2.45) is 0 Å². The summed E-state index contributed by atoms with van der Waals surface area (Å²) in [6.45, 7) is 5.02. The quantitative estimate of drug-likeness (QED) is 0.914. The SMILES string of the molecule is CCN(c1ccc(C(C)O)cc1Br)C1CC1. The first-order valence-electron chi connectivity index (χ1n) is 5.87. The molecule has 1 unspecified atom stereocenters. The summed E-state index contributed by atoms with van der Waals surface area (Å²) in [4.78, 5) is 2.43. The molecule has 2 nitrogen and oxygen atoms in total. The first-order valence-corrected chi connectivity index (χ1v) is 6.67. The van der Waals surface area contributed by atoms with Gasteiger partial charge < -0.3 is 10.0 Å². The van der Waals surface area contributed by atoms with Crippen molar-refractivity contribution in [1.82, 2.24) is 0 Å². The average Bonchev–Trinajstić information content (AvgIpc) is 3.05. The molecule has 1 aliphatic rings. The van der Waals surface area contributed by atoms with Gasteiger partial charge in [0.2, 0.25) is 0 Å². The molecule has 88 valence electrons. The standard InChI is InChI=1S/C13H18BrNO/c1-3-15(11-5-6-11)13-7-4-10(9(2)16)8-12(13)14/h4,7-9,11,16H,3,5-6H2,1-2H3. The summed E-state index contributed by atoms with van der Waals surface area (Å²) in [6.07, 6.45) is 2.21. The predicted molar refractivity (Wildman–Crippen MR) is 70.8 cm³/mol. The van der Waals surface area contributed by atoms with Crippen molar-refractivity contribution < 1.29 is 5.11 Å². The molecule has 0 bridgehead atoms. The third-order valence-electron chi connectivity index (χ3n) is 3.09. The van der Waals surface area contributed by atoms with Crippen LogP contribution in [0.3, 0.4) is 0 Å². The molecule has 0 aliphatic heterocycles. The number of nitrogens with zero attached hydrogens (tertiary/aromatic N) is 1. The van der Waals surface area contributed by atoms with Gasteiger partial charge in [-0.1, -0.05) is 6.07 Å². The van der Waals surface area contributed by atoms with E-state index in [0.29, 0.717) is 0 Å². The highest BCUT2D eigenvalue weighted by molar-refractivity contribution is 9.10. The van der Waals surface area contributed by atoms with Crippen LogP contribution in [0.2, 0.25) is 0 Å². The number of halogens is 1. The Bertz CT molecular complexity index is 374. The van der Waals surface area contributed by atoms with Crippen LogP contribution in [0, 0.1) is 0 Å². The Morgan fingerprint density at radius 1 is 1.50 bits per heavy atom. The molecule has 1 saturated carbocycles. The average molecular weight is 284 g/mol. The summed E-state index contributed by atoms with van der Waals surface area (Å²) in [7, 11) is 0. The molecular weight excluding hydrogens is 266 g/mol. The van der Waals surface area contributed by atoms with Gasteiger partial charge in [-0.3, -0.25) is 0 Å². The Kier molecular flexibility index (Phi) is 3.55. The van der Waals surface area contributed by atoms with Gasteiger partial charge in [-0.15, -0.1) is 0 Å². The summed E-state index contributed by atoms with van der Waals surface area (Å²) < 4.78 is 1.08. The largest absolute Gasteiger partial charge is 0.389 e. The predicted octanol–water partition coefficient (Wildman–Crippen LogP) is 3.49. The molecule has 0 aromatic heterocycles. The van der Waals surface area contributed by atoms with E-state index < -0.39 is 6.10 Å². The minimum atomic E-state index is -0.402. The molecule has 0 radical (unpaired) electrons. The maximum absolute atomic E-state index is 9.52. The smallest absolute Gasteiger partial charge is 0.0762 e. The number of hydrogen-bond donors (Lipinski definition) is 1. The molecular formula is C13H18BrNO. The highest BCUT2D eigenvalue weighted by Gasteiger charge is 2.29. The summed E-state index contributed by atoms with van der Waals surface area (Å²) in [6, 6.07) is 6.85. The van der Waals surface area contributed by atoms with E-state index in [-0.39, 0.29) is 0 Å². The van der Waals surface area contributed by atoms with E-state index in [1.807, 2.05) is 12.1 Å². The second-order valence-corrected chi connectivity index (χ2v) is 5.26. The van der Waals surface area contributed by atoms with Crippen LogP contribution >= 0.6 is 15.9 Å². The monoisotopic (exact) mass is 283 g/mol. The number of anilines is 1. The Morgan fingerprint density at radius 2 is 2.19 bits per heavy atom. The van der Waals surface area contributed by atoms with Crippen molar-refractivity contribution >= 4 is 21.6 Å². The van der Waals surface area contributed by atoms with Crippen molar-refractivity contribution in [2.75, 3.05) is 11.4 Å². The van der Waals surface area contributed by atoms with Gasteiger partial charge in [0.1, 0.15) is 0 Å². The van der Waals surface area contributed by atoms with Gasteiger partial charge in [0.25, 0.3) is 0 Å². The molecule has 1 fully saturated rings. The lowest BCUT2D eigenvalue weighted by Gasteiger charge is -2.24. The molecule has 1 aliphatic carbocycles. The Labute approximate surface area is 105 Å². The molecule has 0 heterocycles. The Hall–Kier alpha value is -0.540. The van der Waals surface area contributed by atoms with E-state index in [0.717, 1.165) is 22.6 Å². The van der Waals surface area contributed by atoms with Gasteiger partial charge in [0.05, 0.1) is 11.8 Å². The van der Waals surface area contributed by atoms with Crippen molar-refractivity contribution in [3.05, 3.63) is 28.2 Å². The Morgan fingerprint density at radius 3 is 2.62 bits per heavy atom. The molecule has 1 aromatic rings. The molecule has 2 rings (SSSR count). The zero-order valence-electron chi connectivity index (χ0n) is 9.78. The molecule has 1 N–H and O–H groups in total. The van der Waals surface area contributed by atoms with Gasteiger partial charge in [-0.05, 0) is 60.3 Å². The minimum absolute atomic E-state index is 0.402. The highest BCUT2D eigenvalue weighted by atomic mass is 79.9. The van der Waals surface area contributed by atoms with Crippen LogP contribution in [0.4, 0.5) is 5.69 Å². The zero-order chi connectivity index (χ0) is 11.7. The van der Waals surface area contributed by atoms with Crippen LogP contribution in [-0.2, 0) is 0 Å². The van der Waals surface area contributed by atoms with Crippen LogP contribution in [0.25, 0.3) is 0 Å². The Balaban J connectivity index is 2.27. The van der Waals surface area contributed by atoms with E-state index in [2.05, 4.69) is 33.8 Å². The van der Waals surface area contributed by atoms with E-state index in [4.69, 9.17) is 0 Å². The second-order valence-electron chi connectivity index (χ2n) is 4.40. The van der Waals surface area contributed by atoms with E-state index in [1.165, 1.54) is 18.5 Å². The van der Waals surface area contributed by atoms with Crippen molar-refractivity contribution in [3.63, 3.8) is 0 Å². The van der Waals surface area contributed by atoms with Crippen molar-refractivity contribution in [1.29, 1.82) is 0 Å². The third-order valence-corrected chi connectivity index (χ3v) is 3.73. The third kappa shape index (κ3) is 2.41. The molecule has 0 spiro atoms. The van der Waals surface area contributed by atoms with Gasteiger partial charge in [0, 0.05) is 17.1 Å². The van der Waals surface area contributed by atoms with Gasteiger partial charge in [-0.25, -0.2) is 0 Å². The lowest BCUT2D eigenvalue weighted by atomic mass is 10.1. The lowest BCUT2D eigenvalue weighted by Crippen LogP contribution is -2.25. The summed E-state index contributed by atoms with van der Waals surface area (Å²) in [5.41, 5.74) is 2.21. The summed E-state index contributed by atoms with van der Waals surface area (Å²) >= 11 is 3.60. The van der Waals surface area contributed by atoms with E-state index in [9.17, 15) is 5.11 Å². The number of hydrogen-bond acceptors (Lipinski definition) is 2. The number of aliphatic hydroxyl groups is 1. The summed E-state index contributed by atoms with van der Waals surface area (Å²) in [5.74, 6) is 0. The molecule has 16 heavy (non-hydrogen) atoms. The lowest BCUT2D eigenvalue weighted by molar-refractivity contribution is 0.199. The van der Waals surface area contributed by atoms with Crippen LogP contribution < -0.4 is 4.90 Å². The van der Waals surface area contributed by atoms with Gasteiger partial charge >= 0.3 is 0 Å². The molecule has 0 amide bonds. The fourth-order valence-electron chi connectivity index (χ4n) is 2.03. The van der Waals surface area contributed by atoms with Gasteiger partial charge in [0.15, 0.2) is 0 Å². The fraction of sp³-hybridized carbons (Fsp3) is 0.538. The number of aliphatic hydroxyl groups excluding tert-OH is 1. The highest BCUT2D eigenvalue weighted by Crippen LogP contribution is 2.36. The van der Waals surface area contributed by atoms with E-state index in [1.54, 1.807) is 6.92 Å². The molecule has 1 aromatic carbocycles. The fourth-order valence-corrected chi connectivity index (χ4v) is 2.65. The minimum Gasteiger partial charge on any atom is -0.389 e.